The molecule has 0 unspecified atom stereocenters. The summed E-state index contributed by atoms with van der Waals surface area (Å²) in [5, 5.41) is 12.6. The summed E-state index contributed by atoms with van der Waals surface area (Å²) in [5.74, 6) is 1.47. The van der Waals surface area contributed by atoms with Crippen LogP contribution in [-0.2, 0) is 6.54 Å². The molecule has 0 bridgehead atoms. The highest BCUT2D eigenvalue weighted by molar-refractivity contribution is 6.11. The summed E-state index contributed by atoms with van der Waals surface area (Å²) in [4.78, 5) is 17.9. The van der Waals surface area contributed by atoms with Gasteiger partial charge in [0.1, 0.15) is 5.82 Å². The molecule has 1 aliphatic carbocycles. The van der Waals surface area contributed by atoms with E-state index in [4.69, 9.17) is 4.98 Å². The number of anilines is 1. The van der Waals surface area contributed by atoms with E-state index in [1.165, 1.54) is 0 Å². The van der Waals surface area contributed by atoms with Crippen molar-refractivity contribution >= 4 is 22.8 Å². The average molecular weight is 366 g/mol. The van der Waals surface area contributed by atoms with Gasteiger partial charge in [-0.1, -0.05) is 13.8 Å². The van der Waals surface area contributed by atoms with Crippen LogP contribution >= 0.6 is 0 Å². The molecule has 0 spiro atoms. The van der Waals surface area contributed by atoms with E-state index in [-0.39, 0.29) is 11.9 Å². The number of hydrogen-bond acceptors (Lipinski definition) is 4. The largest absolute Gasteiger partial charge is 0.307 e. The van der Waals surface area contributed by atoms with Crippen molar-refractivity contribution in [2.75, 3.05) is 5.32 Å². The van der Waals surface area contributed by atoms with Gasteiger partial charge in [0.2, 0.25) is 0 Å². The van der Waals surface area contributed by atoms with E-state index in [2.05, 4.69) is 43.2 Å². The molecule has 142 valence electrons. The molecule has 0 saturated heterocycles. The Morgan fingerprint density at radius 1 is 1.26 bits per heavy atom. The monoisotopic (exact) mass is 366 g/mol. The summed E-state index contributed by atoms with van der Waals surface area (Å²) in [7, 11) is 0. The Morgan fingerprint density at radius 2 is 2.04 bits per heavy atom. The summed E-state index contributed by atoms with van der Waals surface area (Å²) in [6, 6.07) is 3.95. The van der Waals surface area contributed by atoms with Crippen LogP contribution < -0.4 is 5.32 Å². The standard InChI is InChI=1S/C20H26N6O/c1-12(2)11-25-18(7-8-21-25)24-20(27)15-9-17(14-5-6-14)23-19-16(15)10-22-26(19)13(3)4/h7-10,12-14H,5-6,11H2,1-4H3,(H,24,27). The Morgan fingerprint density at radius 3 is 2.70 bits per heavy atom. The molecule has 1 amide bonds. The molecule has 7 nitrogen and oxygen atoms in total. The van der Waals surface area contributed by atoms with E-state index >= 15 is 0 Å². The second-order valence-corrected chi connectivity index (χ2v) is 8.04. The fourth-order valence-electron chi connectivity index (χ4n) is 3.31. The Balaban J connectivity index is 1.72. The fraction of sp³-hybridized carbons (Fsp3) is 0.500. The first kappa shape index (κ1) is 17.7. The molecule has 4 rings (SSSR count). The number of nitrogens with zero attached hydrogens (tertiary/aromatic N) is 5. The number of nitrogens with one attached hydrogen (secondary N) is 1. The third kappa shape index (κ3) is 3.46. The van der Waals surface area contributed by atoms with Crippen molar-refractivity contribution in [3.63, 3.8) is 0 Å². The van der Waals surface area contributed by atoms with Crippen molar-refractivity contribution in [3.8, 4) is 0 Å². The molecule has 1 saturated carbocycles. The van der Waals surface area contributed by atoms with Gasteiger partial charge in [0, 0.05) is 30.3 Å². The maximum absolute atomic E-state index is 13.1. The number of aromatic nitrogens is 5. The minimum atomic E-state index is -0.141. The highest BCUT2D eigenvalue weighted by Gasteiger charge is 2.28. The molecule has 0 aromatic carbocycles. The second kappa shape index (κ2) is 6.79. The zero-order valence-corrected chi connectivity index (χ0v) is 16.3. The Bertz CT molecular complexity index is 980. The van der Waals surface area contributed by atoms with E-state index in [1.54, 1.807) is 12.4 Å². The predicted octanol–water partition coefficient (Wildman–Crippen LogP) is 3.99. The average Bonchev–Trinajstić information content (AvgIpc) is 3.24. The molecule has 3 heterocycles. The van der Waals surface area contributed by atoms with E-state index in [0.29, 0.717) is 23.2 Å². The van der Waals surface area contributed by atoms with Gasteiger partial charge in [-0.15, -0.1) is 0 Å². The molecular formula is C20H26N6O. The van der Waals surface area contributed by atoms with Crippen LogP contribution in [0.1, 0.15) is 68.5 Å². The van der Waals surface area contributed by atoms with Crippen LogP contribution in [0.5, 0.6) is 0 Å². The molecule has 1 N–H and O–H groups in total. The summed E-state index contributed by atoms with van der Waals surface area (Å²) in [6.07, 6.45) is 5.74. The van der Waals surface area contributed by atoms with E-state index in [9.17, 15) is 4.79 Å². The van der Waals surface area contributed by atoms with Crippen LogP contribution in [0.2, 0.25) is 0 Å². The molecule has 27 heavy (non-hydrogen) atoms. The maximum Gasteiger partial charge on any atom is 0.257 e. The van der Waals surface area contributed by atoms with Crippen molar-refractivity contribution in [2.24, 2.45) is 5.92 Å². The quantitative estimate of drug-likeness (QED) is 0.715. The van der Waals surface area contributed by atoms with Gasteiger partial charge in [-0.05, 0) is 38.7 Å². The number of rotatable bonds is 6. The van der Waals surface area contributed by atoms with Gasteiger partial charge >= 0.3 is 0 Å². The summed E-state index contributed by atoms with van der Waals surface area (Å²) in [6.45, 7) is 9.15. The van der Waals surface area contributed by atoms with Crippen LogP contribution in [0.25, 0.3) is 11.0 Å². The van der Waals surface area contributed by atoms with Crippen molar-refractivity contribution in [1.82, 2.24) is 24.5 Å². The van der Waals surface area contributed by atoms with E-state index < -0.39 is 0 Å². The van der Waals surface area contributed by atoms with E-state index in [0.717, 1.165) is 36.1 Å². The second-order valence-electron chi connectivity index (χ2n) is 8.04. The Kier molecular flexibility index (Phi) is 4.45. The first-order valence-corrected chi connectivity index (χ1v) is 9.65. The lowest BCUT2D eigenvalue weighted by molar-refractivity contribution is 0.102. The molecule has 1 fully saturated rings. The van der Waals surface area contributed by atoms with Crippen molar-refractivity contribution in [2.45, 2.75) is 59.0 Å². The SMILES string of the molecule is CC(C)Cn1nccc1NC(=O)c1cc(C2CC2)nc2c1cnn2C(C)C. The van der Waals surface area contributed by atoms with Gasteiger partial charge in [0.15, 0.2) is 5.65 Å². The Labute approximate surface area is 158 Å². The summed E-state index contributed by atoms with van der Waals surface area (Å²) in [5.41, 5.74) is 2.41. The van der Waals surface area contributed by atoms with Gasteiger partial charge in [0.25, 0.3) is 5.91 Å². The van der Waals surface area contributed by atoms with Gasteiger partial charge < -0.3 is 5.32 Å². The highest BCUT2D eigenvalue weighted by Crippen LogP contribution is 2.40. The van der Waals surface area contributed by atoms with Crippen LogP contribution in [-0.4, -0.2) is 30.5 Å². The molecule has 3 aromatic heterocycles. The zero-order valence-electron chi connectivity index (χ0n) is 16.3. The molecule has 7 heteroatoms. The molecule has 0 atom stereocenters. The smallest absolute Gasteiger partial charge is 0.257 e. The van der Waals surface area contributed by atoms with Gasteiger partial charge in [-0.25, -0.2) is 14.3 Å². The van der Waals surface area contributed by atoms with Crippen LogP contribution in [0, 0.1) is 5.92 Å². The lowest BCUT2D eigenvalue weighted by Crippen LogP contribution is -2.18. The highest BCUT2D eigenvalue weighted by atomic mass is 16.1. The first-order valence-electron chi connectivity index (χ1n) is 9.65. The predicted molar refractivity (Wildman–Crippen MR) is 105 cm³/mol. The summed E-state index contributed by atoms with van der Waals surface area (Å²) < 4.78 is 3.72. The molecule has 0 aliphatic heterocycles. The normalized spacial score (nSPS) is 14.4. The molecule has 0 radical (unpaired) electrons. The van der Waals surface area contributed by atoms with Crippen LogP contribution in [0.15, 0.2) is 24.5 Å². The number of carbonyl (C=O) groups excluding carboxylic acids is 1. The third-order valence-electron chi connectivity index (χ3n) is 4.81. The zero-order chi connectivity index (χ0) is 19.1. The van der Waals surface area contributed by atoms with E-state index in [1.807, 2.05) is 21.5 Å². The number of fused-ring (bicyclic) bond motifs is 1. The first-order chi connectivity index (χ1) is 12.9. The lowest BCUT2D eigenvalue weighted by Gasteiger charge is -2.12. The maximum atomic E-state index is 13.1. The van der Waals surface area contributed by atoms with Crippen LogP contribution in [0.3, 0.4) is 0 Å². The third-order valence-corrected chi connectivity index (χ3v) is 4.81. The lowest BCUT2D eigenvalue weighted by atomic mass is 10.1. The minimum absolute atomic E-state index is 0.141. The molecule has 1 aliphatic rings. The van der Waals surface area contributed by atoms with Crippen molar-refractivity contribution < 1.29 is 4.79 Å². The molecular weight excluding hydrogens is 340 g/mol. The number of hydrogen-bond donors (Lipinski definition) is 1. The number of carbonyl (C=O) groups is 1. The Hall–Kier alpha value is -2.70. The van der Waals surface area contributed by atoms with Gasteiger partial charge in [-0.2, -0.15) is 10.2 Å². The topological polar surface area (TPSA) is 77.6 Å². The molecule has 3 aromatic rings. The minimum Gasteiger partial charge on any atom is -0.307 e. The summed E-state index contributed by atoms with van der Waals surface area (Å²) >= 11 is 0. The van der Waals surface area contributed by atoms with Gasteiger partial charge in [-0.3, -0.25) is 4.79 Å². The van der Waals surface area contributed by atoms with Crippen molar-refractivity contribution in [3.05, 3.63) is 35.8 Å². The fourth-order valence-corrected chi connectivity index (χ4v) is 3.31. The number of pyridine rings is 1. The number of amides is 1. The van der Waals surface area contributed by atoms with Crippen molar-refractivity contribution in [1.29, 1.82) is 0 Å². The van der Waals surface area contributed by atoms with Crippen LogP contribution in [0.4, 0.5) is 5.82 Å². The van der Waals surface area contributed by atoms with Gasteiger partial charge in [0.05, 0.1) is 23.3 Å².